The van der Waals surface area contributed by atoms with Crippen LogP contribution in [-0.4, -0.2) is 42.0 Å². The second kappa shape index (κ2) is 13.0. The van der Waals surface area contributed by atoms with E-state index >= 15 is 0 Å². The van der Waals surface area contributed by atoms with Crippen LogP contribution in [-0.2, 0) is 13.0 Å². The van der Waals surface area contributed by atoms with E-state index in [2.05, 4.69) is 40.5 Å². The van der Waals surface area contributed by atoms with Crippen molar-refractivity contribution in [3.05, 3.63) is 100 Å². The van der Waals surface area contributed by atoms with Crippen molar-refractivity contribution < 1.29 is 4.79 Å². The molecule has 184 valence electrons. The lowest BCUT2D eigenvalue weighted by atomic mass is 9.90. The van der Waals surface area contributed by atoms with E-state index < -0.39 is 0 Å². The van der Waals surface area contributed by atoms with E-state index in [9.17, 15) is 4.79 Å². The number of rotatable bonds is 9. The molecule has 35 heavy (non-hydrogen) atoms. The summed E-state index contributed by atoms with van der Waals surface area (Å²) in [5.74, 6) is 0.760. The summed E-state index contributed by atoms with van der Waals surface area (Å²) in [5, 5.41) is 4.32. The molecule has 0 radical (unpaired) electrons. The number of benzene rings is 3. The first-order valence-corrected chi connectivity index (χ1v) is 13.1. The third kappa shape index (κ3) is 7.99. The molecular formula is C29H33Cl2N3O. The zero-order valence-electron chi connectivity index (χ0n) is 20.0. The second-order valence-electron chi connectivity index (χ2n) is 9.28. The van der Waals surface area contributed by atoms with Gasteiger partial charge >= 0.3 is 6.03 Å². The maximum absolute atomic E-state index is 13.1. The highest BCUT2D eigenvalue weighted by atomic mass is 35.5. The monoisotopic (exact) mass is 509 g/mol. The van der Waals surface area contributed by atoms with Crippen molar-refractivity contribution in [2.45, 2.75) is 32.2 Å². The molecule has 0 bridgehead atoms. The minimum Gasteiger partial charge on any atom is -0.320 e. The molecule has 6 heteroatoms. The van der Waals surface area contributed by atoms with E-state index in [-0.39, 0.29) is 6.03 Å². The fraction of sp³-hybridized carbons (Fsp3) is 0.345. The third-order valence-electron chi connectivity index (χ3n) is 6.68. The Balaban J connectivity index is 1.29. The Bertz CT molecular complexity index is 1070. The summed E-state index contributed by atoms with van der Waals surface area (Å²) in [4.78, 5) is 17.5. The van der Waals surface area contributed by atoms with Crippen LogP contribution in [0.15, 0.2) is 78.9 Å². The van der Waals surface area contributed by atoms with Crippen molar-refractivity contribution in [1.82, 2.24) is 9.80 Å². The van der Waals surface area contributed by atoms with Gasteiger partial charge in [0.2, 0.25) is 0 Å². The summed E-state index contributed by atoms with van der Waals surface area (Å²) in [7, 11) is 0. The smallest absolute Gasteiger partial charge is 0.320 e. The van der Waals surface area contributed by atoms with Gasteiger partial charge in [-0.05, 0) is 92.7 Å². The van der Waals surface area contributed by atoms with Crippen molar-refractivity contribution >= 4 is 34.9 Å². The Morgan fingerprint density at radius 2 is 1.60 bits per heavy atom. The number of halogens is 2. The Labute approximate surface area is 218 Å². The van der Waals surface area contributed by atoms with Gasteiger partial charge in [0.25, 0.3) is 0 Å². The summed E-state index contributed by atoms with van der Waals surface area (Å²) in [6, 6.07) is 25.5. The van der Waals surface area contributed by atoms with Crippen LogP contribution in [0.25, 0.3) is 0 Å². The van der Waals surface area contributed by atoms with Crippen LogP contribution in [0.3, 0.4) is 0 Å². The standard InChI is InChI=1S/C29H33Cl2N3O/c30-26-11-13-27(14-12-26)32-29(35)34(22-25-9-4-5-10-28(25)31)18-6-17-33-19-15-24(16-20-33)21-23-7-2-1-3-8-23/h1-5,7-14,24H,6,15-22H2,(H,32,35). The van der Waals surface area contributed by atoms with Gasteiger partial charge in [-0.25, -0.2) is 4.79 Å². The molecule has 0 aromatic heterocycles. The van der Waals surface area contributed by atoms with Gasteiger partial charge in [-0.2, -0.15) is 0 Å². The van der Waals surface area contributed by atoms with Gasteiger partial charge in [0.15, 0.2) is 0 Å². The normalized spacial score (nSPS) is 14.6. The van der Waals surface area contributed by atoms with Crippen LogP contribution in [0.5, 0.6) is 0 Å². The van der Waals surface area contributed by atoms with Crippen LogP contribution in [0.2, 0.25) is 10.0 Å². The molecule has 2 amide bonds. The average molecular weight is 511 g/mol. The Morgan fingerprint density at radius 3 is 2.31 bits per heavy atom. The molecule has 0 atom stereocenters. The summed E-state index contributed by atoms with van der Waals surface area (Å²) >= 11 is 12.4. The largest absolute Gasteiger partial charge is 0.322 e. The predicted molar refractivity (Wildman–Crippen MR) is 146 cm³/mol. The van der Waals surface area contributed by atoms with Gasteiger partial charge in [-0.15, -0.1) is 0 Å². The van der Waals surface area contributed by atoms with Crippen LogP contribution in [0.4, 0.5) is 10.5 Å². The zero-order valence-corrected chi connectivity index (χ0v) is 21.5. The minimum atomic E-state index is -0.131. The lowest BCUT2D eigenvalue weighted by Gasteiger charge is -2.32. The second-order valence-corrected chi connectivity index (χ2v) is 10.1. The highest BCUT2D eigenvalue weighted by molar-refractivity contribution is 6.31. The first-order chi connectivity index (χ1) is 17.1. The number of carbonyl (C=O) groups is 1. The predicted octanol–water partition coefficient (Wildman–Crippen LogP) is 7.37. The molecule has 4 rings (SSSR count). The summed E-state index contributed by atoms with van der Waals surface area (Å²) in [6.45, 7) is 4.37. The number of nitrogens with zero attached hydrogens (tertiary/aromatic N) is 2. The molecule has 1 N–H and O–H groups in total. The number of urea groups is 1. The SMILES string of the molecule is O=C(Nc1ccc(Cl)cc1)N(CCCN1CCC(Cc2ccccc2)CC1)Cc1ccccc1Cl. The highest BCUT2D eigenvalue weighted by Crippen LogP contribution is 2.22. The van der Waals surface area contributed by atoms with Gasteiger partial charge in [0, 0.05) is 28.8 Å². The Morgan fingerprint density at radius 1 is 0.914 bits per heavy atom. The van der Waals surface area contributed by atoms with E-state index in [1.807, 2.05) is 41.3 Å². The number of likely N-dealkylation sites (tertiary alicyclic amines) is 1. The lowest BCUT2D eigenvalue weighted by molar-refractivity contribution is 0.170. The first-order valence-electron chi connectivity index (χ1n) is 12.4. The molecule has 1 saturated heterocycles. The highest BCUT2D eigenvalue weighted by Gasteiger charge is 2.20. The van der Waals surface area contributed by atoms with E-state index in [1.165, 1.54) is 24.8 Å². The van der Waals surface area contributed by atoms with Gasteiger partial charge in [-0.3, -0.25) is 0 Å². The molecule has 4 nitrogen and oxygen atoms in total. The lowest BCUT2D eigenvalue weighted by Crippen LogP contribution is -2.39. The van der Waals surface area contributed by atoms with Crippen LogP contribution in [0, 0.1) is 5.92 Å². The third-order valence-corrected chi connectivity index (χ3v) is 7.30. The fourth-order valence-corrected chi connectivity index (χ4v) is 4.99. The van der Waals surface area contributed by atoms with Crippen molar-refractivity contribution in [3.63, 3.8) is 0 Å². The summed E-state index contributed by atoms with van der Waals surface area (Å²) in [6.07, 6.45) is 4.55. The van der Waals surface area contributed by atoms with Crippen LogP contribution < -0.4 is 5.32 Å². The molecular weight excluding hydrogens is 477 g/mol. The quantitative estimate of drug-likeness (QED) is 0.326. The van der Waals surface area contributed by atoms with Crippen molar-refractivity contribution in [2.24, 2.45) is 5.92 Å². The van der Waals surface area contributed by atoms with Gasteiger partial charge in [0.1, 0.15) is 0 Å². The number of amides is 2. The zero-order chi connectivity index (χ0) is 24.5. The molecule has 1 fully saturated rings. The Hall–Kier alpha value is -2.53. The molecule has 1 heterocycles. The molecule has 1 aliphatic heterocycles. The van der Waals surface area contributed by atoms with Gasteiger partial charge in [0.05, 0.1) is 0 Å². The number of hydrogen-bond donors (Lipinski definition) is 1. The molecule has 1 aliphatic rings. The number of piperidine rings is 1. The van der Waals surface area contributed by atoms with E-state index in [1.54, 1.807) is 12.1 Å². The van der Waals surface area contributed by atoms with Crippen LogP contribution in [0.1, 0.15) is 30.4 Å². The molecule has 0 aliphatic carbocycles. The maximum Gasteiger partial charge on any atom is 0.322 e. The summed E-state index contributed by atoms with van der Waals surface area (Å²) < 4.78 is 0. The van der Waals surface area contributed by atoms with E-state index in [0.717, 1.165) is 43.2 Å². The fourth-order valence-electron chi connectivity index (χ4n) is 4.67. The number of carbonyl (C=O) groups excluding carboxylic acids is 1. The number of hydrogen-bond acceptors (Lipinski definition) is 2. The van der Waals surface area contributed by atoms with Gasteiger partial charge < -0.3 is 15.1 Å². The summed E-state index contributed by atoms with van der Waals surface area (Å²) in [5.41, 5.74) is 3.11. The van der Waals surface area contributed by atoms with E-state index in [0.29, 0.717) is 23.1 Å². The molecule has 3 aromatic rings. The average Bonchev–Trinajstić information content (AvgIpc) is 2.87. The molecule has 0 spiro atoms. The minimum absolute atomic E-state index is 0.131. The number of nitrogens with one attached hydrogen (secondary N) is 1. The van der Waals surface area contributed by atoms with Crippen molar-refractivity contribution in [3.8, 4) is 0 Å². The Kier molecular flexibility index (Phi) is 9.47. The topological polar surface area (TPSA) is 35.6 Å². The van der Waals surface area contributed by atoms with Crippen molar-refractivity contribution in [2.75, 3.05) is 31.5 Å². The van der Waals surface area contributed by atoms with Crippen LogP contribution >= 0.6 is 23.2 Å². The van der Waals surface area contributed by atoms with E-state index in [4.69, 9.17) is 23.2 Å². The first kappa shape index (κ1) is 25.6. The van der Waals surface area contributed by atoms with Crippen molar-refractivity contribution in [1.29, 1.82) is 0 Å². The number of anilines is 1. The molecule has 0 unspecified atom stereocenters. The molecule has 0 saturated carbocycles. The maximum atomic E-state index is 13.1. The van der Waals surface area contributed by atoms with Gasteiger partial charge in [-0.1, -0.05) is 71.7 Å². The molecule has 3 aromatic carbocycles.